The van der Waals surface area contributed by atoms with Crippen LogP contribution in [0, 0.1) is 0 Å². The van der Waals surface area contributed by atoms with Gasteiger partial charge in [0.2, 0.25) is 0 Å². The Hall–Kier alpha value is -2.42. The molecule has 112 valence electrons. The number of aromatic carboxylic acids is 2. The number of carboxylic acid groups (broad SMARTS) is 2. The average Bonchev–Trinajstić information content (AvgIpc) is 2.47. The van der Waals surface area contributed by atoms with Gasteiger partial charge in [-0.3, -0.25) is 0 Å². The Morgan fingerprint density at radius 1 is 0.870 bits per heavy atom. The van der Waals surface area contributed by atoms with Crippen LogP contribution in [0.1, 0.15) is 20.7 Å². The van der Waals surface area contributed by atoms with E-state index in [9.17, 15) is 19.8 Å². The number of rotatable bonds is 4. The summed E-state index contributed by atoms with van der Waals surface area (Å²) in [5, 5.41) is 45.9. The van der Waals surface area contributed by atoms with Gasteiger partial charge in [-0.1, -0.05) is 11.8 Å². The molecule has 0 saturated carbocycles. The number of phenols is 1. The van der Waals surface area contributed by atoms with Crippen molar-refractivity contribution in [2.24, 2.45) is 10.2 Å². The van der Waals surface area contributed by atoms with E-state index in [-0.39, 0.29) is 46.5 Å². The van der Waals surface area contributed by atoms with Gasteiger partial charge in [0.1, 0.15) is 11.3 Å². The number of aromatic hydroxyl groups is 1. The maximum Gasteiger partial charge on any atom is 1.00 e. The van der Waals surface area contributed by atoms with E-state index in [4.69, 9.17) is 10.2 Å². The summed E-state index contributed by atoms with van der Waals surface area (Å²) in [7, 11) is 0. The molecule has 0 fully saturated rings. The molecule has 8 nitrogen and oxygen atoms in total. The first-order chi connectivity index (χ1) is 10.4. The molecule has 0 saturated heterocycles. The molecule has 0 spiro atoms. The molecular formula is C14H9N2NaO6. The third-order valence-corrected chi connectivity index (χ3v) is 2.69. The van der Waals surface area contributed by atoms with Crippen molar-refractivity contribution in [1.82, 2.24) is 0 Å². The molecular weight excluding hydrogens is 315 g/mol. The first kappa shape index (κ1) is 18.6. The van der Waals surface area contributed by atoms with E-state index in [0.29, 0.717) is 0 Å². The van der Waals surface area contributed by atoms with Crippen molar-refractivity contribution in [3.63, 3.8) is 0 Å². The van der Waals surface area contributed by atoms with Gasteiger partial charge in [0.05, 0.1) is 16.9 Å². The zero-order valence-electron chi connectivity index (χ0n) is 11.9. The smallest absolute Gasteiger partial charge is 0.872 e. The predicted molar refractivity (Wildman–Crippen MR) is 72.1 cm³/mol. The number of hydrogen-bond acceptors (Lipinski definition) is 6. The van der Waals surface area contributed by atoms with Gasteiger partial charge in [-0.05, 0) is 30.3 Å². The third kappa shape index (κ3) is 4.52. The topological polar surface area (TPSA) is 143 Å². The Bertz CT molecular complexity index is 725. The van der Waals surface area contributed by atoms with Crippen molar-refractivity contribution in [3.8, 4) is 11.5 Å². The van der Waals surface area contributed by atoms with Gasteiger partial charge in [0.15, 0.2) is 0 Å². The fraction of sp³-hybridized carbons (Fsp3) is 0. The molecule has 2 rings (SSSR count). The van der Waals surface area contributed by atoms with E-state index < -0.39 is 29.0 Å². The van der Waals surface area contributed by atoms with Crippen LogP contribution in [0.2, 0.25) is 0 Å². The predicted octanol–water partition coefficient (Wildman–Crippen LogP) is -0.718. The molecule has 0 aliphatic carbocycles. The van der Waals surface area contributed by atoms with Crippen LogP contribution in [0.5, 0.6) is 11.5 Å². The maximum atomic E-state index is 11.3. The van der Waals surface area contributed by atoms with Gasteiger partial charge in [-0.25, -0.2) is 9.59 Å². The average molecular weight is 324 g/mol. The number of carbonyl (C=O) groups is 2. The van der Waals surface area contributed by atoms with Crippen LogP contribution in [-0.2, 0) is 0 Å². The zero-order chi connectivity index (χ0) is 16.3. The van der Waals surface area contributed by atoms with Crippen molar-refractivity contribution >= 4 is 23.3 Å². The number of nitrogens with zero attached hydrogens (tertiary/aromatic N) is 2. The Morgan fingerprint density at radius 2 is 1.35 bits per heavy atom. The van der Waals surface area contributed by atoms with E-state index >= 15 is 0 Å². The summed E-state index contributed by atoms with van der Waals surface area (Å²) in [5.41, 5.74) is -0.494. The fourth-order valence-corrected chi connectivity index (χ4v) is 1.62. The zero-order valence-corrected chi connectivity index (χ0v) is 13.9. The third-order valence-electron chi connectivity index (χ3n) is 2.69. The van der Waals surface area contributed by atoms with Crippen LogP contribution in [0.15, 0.2) is 46.6 Å². The fourth-order valence-electron chi connectivity index (χ4n) is 1.62. The quantitative estimate of drug-likeness (QED) is 0.500. The summed E-state index contributed by atoms with van der Waals surface area (Å²) in [6.07, 6.45) is 0. The molecule has 0 heterocycles. The number of azo groups is 1. The molecule has 0 aromatic heterocycles. The molecule has 0 aliphatic heterocycles. The van der Waals surface area contributed by atoms with Gasteiger partial charge in [0.25, 0.3) is 0 Å². The summed E-state index contributed by atoms with van der Waals surface area (Å²) in [6.45, 7) is 0. The Balaban J connectivity index is 0.00000264. The SMILES string of the molecule is O=C(O)c1cc(N=Nc2ccc(O)c(C(=O)O)c2)ccc1[O-].[Na+]. The van der Waals surface area contributed by atoms with Gasteiger partial charge in [0, 0.05) is 0 Å². The van der Waals surface area contributed by atoms with Crippen molar-refractivity contribution in [3.05, 3.63) is 47.5 Å². The second-order valence-corrected chi connectivity index (χ2v) is 4.19. The molecule has 0 bridgehead atoms. The van der Waals surface area contributed by atoms with Crippen molar-refractivity contribution in [2.45, 2.75) is 0 Å². The number of hydrogen-bond donors (Lipinski definition) is 3. The molecule has 0 unspecified atom stereocenters. The van der Waals surface area contributed by atoms with Gasteiger partial charge in [-0.15, -0.1) is 0 Å². The van der Waals surface area contributed by atoms with Crippen LogP contribution < -0.4 is 34.7 Å². The monoisotopic (exact) mass is 324 g/mol. The molecule has 3 N–H and O–H groups in total. The van der Waals surface area contributed by atoms with Crippen molar-refractivity contribution in [1.29, 1.82) is 0 Å². The van der Waals surface area contributed by atoms with Crippen LogP contribution in [0.3, 0.4) is 0 Å². The maximum absolute atomic E-state index is 11.3. The van der Waals surface area contributed by atoms with E-state index in [1.807, 2.05) is 0 Å². The minimum atomic E-state index is -1.38. The molecule has 0 radical (unpaired) electrons. The largest absolute Gasteiger partial charge is 1.00 e. The molecule has 2 aromatic carbocycles. The molecule has 0 atom stereocenters. The molecule has 23 heavy (non-hydrogen) atoms. The first-order valence-corrected chi connectivity index (χ1v) is 5.91. The summed E-state index contributed by atoms with van der Waals surface area (Å²) in [4.78, 5) is 21.7. The Labute approximate surface area is 152 Å². The Morgan fingerprint density at radius 3 is 1.87 bits per heavy atom. The summed E-state index contributed by atoms with van der Waals surface area (Å²) < 4.78 is 0. The minimum absolute atomic E-state index is 0. The normalized spacial score (nSPS) is 10.3. The van der Waals surface area contributed by atoms with Gasteiger partial charge >= 0.3 is 41.5 Å². The van der Waals surface area contributed by atoms with Crippen LogP contribution >= 0.6 is 0 Å². The Kier molecular flexibility index (Phi) is 6.26. The van der Waals surface area contributed by atoms with E-state index in [2.05, 4.69) is 10.2 Å². The van der Waals surface area contributed by atoms with Crippen molar-refractivity contribution < 1.29 is 59.6 Å². The van der Waals surface area contributed by atoms with Crippen LogP contribution in [-0.4, -0.2) is 27.3 Å². The molecule has 2 aromatic rings. The number of carboxylic acids is 2. The van der Waals surface area contributed by atoms with Crippen molar-refractivity contribution in [2.75, 3.05) is 0 Å². The summed E-state index contributed by atoms with van der Waals surface area (Å²) >= 11 is 0. The summed E-state index contributed by atoms with van der Waals surface area (Å²) in [6, 6.07) is 7.01. The van der Waals surface area contributed by atoms with Crippen LogP contribution in [0.25, 0.3) is 0 Å². The van der Waals surface area contributed by atoms with Gasteiger partial charge in [-0.2, -0.15) is 10.2 Å². The number of benzene rings is 2. The molecule has 0 amide bonds. The molecule has 9 heteroatoms. The van der Waals surface area contributed by atoms with Crippen LogP contribution in [0.4, 0.5) is 11.4 Å². The van der Waals surface area contributed by atoms with E-state index in [1.54, 1.807) is 0 Å². The minimum Gasteiger partial charge on any atom is -0.872 e. The van der Waals surface area contributed by atoms with Gasteiger partial charge < -0.3 is 20.4 Å². The summed E-state index contributed by atoms with van der Waals surface area (Å²) in [5.74, 6) is -3.75. The second kappa shape index (κ2) is 7.73. The molecule has 0 aliphatic rings. The first-order valence-electron chi connectivity index (χ1n) is 5.91. The second-order valence-electron chi connectivity index (χ2n) is 4.19. The van der Waals surface area contributed by atoms with E-state index in [0.717, 1.165) is 24.3 Å². The van der Waals surface area contributed by atoms with E-state index in [1.165, 1.54) is 12.1 Å². The standard InChI is InChI=1S/C14H10N2O6.Na/c17-11-3-1-7(5-9(11)13(19)20)15-16-8-2-4-12(18)10(6-8)14(21)22;/h1-6,17-18H,(H,19,20)(H,21,22);/q;+1/p-1.